The second-order valence-corrected chi connectivity index (χ2v) is 11.7. The lowest BCUT2D eigenvalue weighted by atomic mass is 10.00. The standard InChI is InChI=1S/C33H24Cl2N10O6/c34-22-14-20(32(48)49)26(38-30(46)24-4-6-28(42-40-24)44-10-8-36-16-44)12-18(22)2-1-3-19-13-27(21(33(50)51)15-23(19)35)39-31(47)25-5-7-29(43-41-25)45-11-9-37-17-45/h4-17H,1-3H2,(H,38,46)(H,39,47)(H,48,49)(H,50,51). The number of anilines is 2. The van der Waals surface area contributed by atoms with Crippen molar-refractivity contribution in [2.45, 2.75) is 19.3 Å². The molecule has 0 aliphatic carbocycles. The summed E-state index contributed by atoms with van der Waals surface area (Å²) in [5.74, 6) is -3.11. The number of benzene rings is 2. The molecule has 0 radical (unpaired) electrons. The minimum absolute atomic E-state index is 0.00221. The van der Waals surface area contributed by atoms with Crippen LogP contribution in [0.1, 0.15) is 59.2 Å². The zero-order valence-electron chi connectivity index (χ0n) is 26.1. The normalized spacial score (nSPS) is 10.9. The Bertz CT molecular complexity index is 2090. The maximum atomic E-state index is 13.0. The lowest BCUT2D eigenvalue weighted by molar-refractivity contribution is 0.0687. The topological polar surface area (TPSA) is 220 Å². The van der Waals surface area contributed by atoms with Crippen LogP contribution in [0.15, 0.2) is 86.0 Å². The van der Waals surface area contributed by atoms with Gasteiger partial charge in [-0.3, -0.25) is 18.7 Å². The number of hydrogen-bond acceptors (Lipinski definition) is 10. The van der Waals surface area contributed by atoms with Crippen molar-refractivity contribution in [2.24, 2.45) is 0 Å². The summed E-state index contributed by atoms with van der Waals surface area (Å²) in [5, 5.41) is 41.0. The highest BCUT2D eigenvalue weighted by atomic mass is 35.5. The second-order valence-electron chi connectivity index (χ2n) is 10.8. The summed E-state index contributed by atoms with van der Waals surface area (Å²) in [6.45, 7) is 0. The number of halogens is 2. The average molecular weight is 728 g/mol. The predicted molar refractivity (Wildman–Crippen MR) is 183 cm³/mol. The van der Waals surface area contributed by atoms with Crippen LogP contribution in [0.4, 0.5) is 11.4 Å². The predicted octanol–water partition coefficient (Wildman–Crippen LogP) is 5.02. The van der Waals surface area contributed by atoms with Gasteiger partial charge in [0.25, 0.3) is 11.8 Å². The number of nitrogens with one attached hydrogen (secondary N) is 2. The van der Waals surface area contributed by atoms with E-state index in [1.165, 1.54) is 49.1 Å². The van der Waals surface area contributed by atoms with Gasteiger partial charge in [0, 0.05) is 34.8 Å². The fourth-order valence-electron chi connectivity index (χ4n) is 4.98. The van der Waals surface area contributed by atoms with E-state index in [4.69, 9.17) is 23.2 Å². The SMILES string of the molecule is O=C(Nc1cc(CCCc2cc(NC(=O)c3ccc(-n4ccnc4)nn3)c(C(=O)O)cc2Cl)c(Cl)cc1C(=O)O)c1ccc(-n2ccnc2)nn1. The number of hydrogen-bond donors (Lipinski definition) is 4. The number of carbonyl (C=O) groups is 4. The fourth-order valence-corrected chi connectivity index (χ4v) is 5.50. The van der Waals surface area contributed by atoms with Crippen LogP contribution in [0.2, 0.25) is 10.0 Å². The van der Waals surface area contributed by atoms with E-state index in [-0.39, 0.29) is 43.9 Å². The van der Waals surface area contributed by atoms with Crippen LogP contribution in [-0.4, -0.2) is 73.5 Å². The molecule has 256 valence electrons. The largest absolute Gasteiger partial charge is 0.478 e. The molecule has 0 bridgehead atoms. The van der Waals surface area contributed by atoms with E-state index in [1.807, 2.05) is 0 Å². The van der Waals surface area contributed by atoms with Crippen molar-refractivity contribution < 1.29 is 29.4 Å². The van der Waals surface area contributed by atoms with E-state index >= 15 is 0 Å². The van der Waals surface area contributed by atoms with Crippen LogP contribution in [0.25, 0.3) is 11.6 Å². The Balaban J connectivity index is 1.16. The third-order valence-corrected chi connectivity index (χ3v) is 8.23. The molecule has 0 aliphatic heterocycles. The number of rotatable bonds is 12. The molecule has 4 heterocycles. The molecule has 6 rings (SSSR count). The Morgan fingerprint density at radius 2 is 1.06 bits per heavy atom. The number of carboxylic acid groups (broad SMARTS) is 2. The van der Waals surface area contributed by atoms with E-state index < -0.39 is 23.8 Å². The molecule has 4 N–H and O–H groups in total. The lowest BCUT2D eigenvalue weighted by Gasteiger charge is -2.14. The molecule has 6 aromatic rings. The van der Waals surface area contributed by atoms with Crippen LogP contribution >= 0.6 is 23.2 Å². The van der Waals surface area contributed by atoms with Crippen molar-refractivity contribution in [3.05, 3.63) is 130 Å². The summed E-state index contributed by atoms with van der Waals surface area (Å²) in [6, 6.07) is 11.4. The van der Waals surface area contributed by atoms with Crippen molar-refractivity contribution in [3.63, 3.8) is 0 Å². The summed E-state index contributed by atoms with van der Waals surface area (Å²) < 4.78 is 3.21. The molecule has 0 saturated carbocycles. The molecular weight excluding hydrogens is 703 g/mol. The number of carbonyl (C=O) groups excluding carboxylic acids is 2. The van der Waals surface area contributed by atoms with E-state index in [1.54, 1.807) is 46.1 Å². The molecule has 0 aliphatic rings. The van der Waals surface area contributed by atoms with E-state index in [2.05, 4.69) is 41.0 Å². The molecule has 0 atom stereocenters. The monoisotopic (exact) mass is 726 g/mol. The molecule has 18 heteroatoms. The van der Waals surface area contributed by atoms with Gasteiger partial charge in [-0.2, -0.15) is 0 Å². The smallest absolute Gasteiger partial charge is 0.337 e. The first-order valence-electron chi connectivity index (χ1n) is 15.0. The first kappa shape index (κ1) is 34.3. The van der Waals surface area contributed by atoms with E-state index in [9.17, 15) is 29.4 Å². The summed E-state index contributed by atoms with van der Waals surface area (Å²) in [7, 11) is 0. The highest BCUT2D eigenvalue weighted by Crippen LogP contribution is 2.30. The van der Waals surface area contributed by atoms with Gasteiger partial charge in [-0.25, -0.2) is 19.6 Å². The Morgan fingerprint density at radius 1 is 0.627 bits per heavy atom. The quantitative estimate of drug-likeness (QED) is 0.131. The van der Waals surface area contributed by atoms with Crippen LogP contribution in [0, 0.1) is 0 Å². The molecule has 2 aromatic carbocycles. The molecule has 0 saturated heterocycles. The van der Waals surface area contributed by atoms with Gasteiger partial charge >= 0.3 is 11.9 Å². The van der Waals surface area contributed by atoms with Crippen LogP contribution in [0.3, 0.4) is 0 Å². The van der Waals surface area contributed by atoms with Crippen molar-refractivity contribution in [1.82, 2.24) is 39.5 Å². The molecule has 0 fully saturated rings. The molecular formula is C33H24Cl2N10O6. The zero-order valence-corrected chi connectivity index (χ0v) is 27.6. The van der Waals surface area contributed by atoms with Gasteiger partial charge in [0.05, 0.1) is 22.5 Å². The number of nitrogens with zero attached hydrogens (tertiary/aromatic N) is 8. The molecule has 0 spiro atoms. The minimum atomic E-state index is -1.31. The molecule has 16 nitrogen and oxygen atoms in total. The summed E-state index contributed by atoms with van der Waals surface area (Å²) in [5.41, 5.74) is 0.513. The van der Waals surface area contributed by atoms with Gasteiger partial charge in [0.15, 0.2) is 23.0 Å². The number of aromatic nitrogens is 8. The lowest BCUT2D eigenvalue weighted by Crippen LogP contribution is -2.17. The fraction of sp³-hybridized carbons (Fsp3) is 0.0909. The first-order valence-corrected chi connectivity index (χ1v) is 15.7. The maximum Gasteiger partial charge on any atom is 0.337 e. The Kier molecular flexibility index (Phi) is 10.1. The third-order valence-electron chi connectivity index (χ3n) is 7.53. The number of carboxylic acids is 2. The van der Waals surface area contributed by atoms with E-state index in [0.29, 0.717) is 42.0 Å². The summed E-state index contributed by atoms with van der Waals surface area (Å²) in [6.07, 6.45) is 10.6. The minimum Gasteiger partial charge on any atom is -0.478 e. The van der Waals surface area contributed by atoms with Gasteiger partial charge in [0.2, 0.25) is 0 Å². The molecule has 4 aromatic heterocycles. The second kappa shape index (κ2) is 14.9. The average Bonchev–Trinajstić information content (AvgIpc) is 3.86. The van der Waals surface area contributed by atoms with Crippen molar-refractivity contribution >= 4 is 58.3 Å². The van der Waals surface area contributed by atoms with Gasteiger partial charge in [-0.1, -0.05) is 23.2 Å². The van der Waals surface area contributed by atoms with Gasteiger partial charge < -0.3 is 20.8 Å². The number of amides is 2. The third kappa shape index (κ3) is 7.87. The van der Waals surface area contributed by atoms with Crippen LogP contribution < -0.4 is 10.6 Å². The number of imidazole rings is 2. The van der Waals surface area contributed by atoms with Crippen molar-refractivity contribution in [1.29, 1.82) is 0 Å². The summed E-state index contributed by atoms with van der Waals surface area (Å²) in [4.78, 5) is 57.9. The molecule has 2 amide bonds. The van der Waals surface area contributed by atoms with E-state index in [0.717, 1.165) is 0 Å². The summed E-state index contributed by atoms with van der Waals surface area (Å²) >= 11 is 12.9. The molecule has 51 heavy (non-hydrogen) atoms. The zero-order chi connectivity index (χ0) is 36.1. The van der Waals surface area contributed by atoms with Gasteiger partial charge in [-0.05, 0) is 78.9 Å². The Hall–Kier alpha value is -6.52. The molecule has 0 unspecified atom stereocenters. The first-order chi connectivity index (χ1) is 24.6. The Labute approximate surface area is 297 Å². The highest BCUT2D eigenvalue weighted by molar-refractivity contribution is 6.32. The number of aryl methyl sites for hydroxylation is 2. The van der Waals surface area contributed by atoms with Crippen molar-refractivity contribution in [2.75, 3.05) is 10.6 Å². The van der Waals surface area contributed by atoms with Gasteiger partial charge in [-0.15, -0.1) is 20.4 Å². The van der Waals surface area contributed by atoms with Crippen LogP contribution in [0.5, 0.6) is 0 Å². The van der Waals surface area contributed by atoms with Crippen molar-refractivity contribution in [3.8, 4) is 11.6 Å². The van der Waals surface area contributed by atoms with Gasteiger partial charge in [0.1, 0.15) is 12.7 Å². The highest BCUT2D eigenvalue weighted by Gasteiger charge is 2.20. The maximum absolute atomic E-state index is 13.0. The Morgan fingerprint density at radius 3 is 1.39 bits per heavy atom. The van der Waals surface area contributed by atoms with Crippen LogP contribution in [-0.2, 0) is 12.8 Å². The number of aromatic carboxylic acids is 2.